The van der Waals surface area contributed by atoms with Crippen molar-refractivity contribution in [2.75, 3.05) is 19.6 Å². The van der Waals surface area contributed by atoms with E-state index in [2.05, 4.69) is 17.4 Å². The minimum atomic E-state index is 0.450. The Morgan fingerprint density at radius 2 is 0.917 bits per heavy atom. The summed E-state index contributed by atoms with van der Waals surface area (Å²) in [7, 11) is 0. The van der Waals surface area contributed by atoms with Gasteiger partial charge in [0.05, 0.1) is 6.54 Å². The second-order valence-corrected chi connectivity index (χ2v) is 7.26. The van der Waals surface area contributed by atoms with E-state index in [4.69, 9.17) is 0 Å². The number of nitrogens with zero attached hydrogens (tertiary/aromatic N) is 1. The molecule has 0 saturated heterocycles. The highest BCUT2D eigenvalue weighted by molar-refractivity contribution is 4.53. The van der Waals surface area contributed by atoms with E-state index in [1.165, 1.54) is 103 Å². The van der Waals surface area contributed by atoms with Gasteiger partial charge >= 0.3 is 0 Å². The van der Waals surface area contributed by atoms with Crippen LogP contribution in [0.1, 0.15) is 116 Å². The predicted molar refractivity (Wildman–Crippen MR) is 108 cm³/mol. The topological polar surface area (TPSA) is 41.5 Å². The highest BCUT2D eigenvalue weighted by Crippen LogP contribution is 2.13. The molecule has 0 rings (SSSR count). The van der Waals surface area contributed by atoms with Gasteiger partial charge in [-0.2, -0.15) is 4.91 Å². The zero-order valence-electron chi connectivity index (χ0n) is 16.5. The molecule has 3 heteroatoms. The molecule has 0 aromatic carbocycles. The first-order valence-electron chi connectivity index (χ1n) is 10.9. The van der Waals surface area contributed by atoms with Gasteiger partial charge in [0.1, 0.15) is 0 Å². The summed E-state index contributed by atoms with van der Waals surface area (Å²) >= 11 is 0. The Morgan fingerprint density at radius 3 is 1.33 bits per heavy atom. The molecule has 1 N–H and O–H groups in total. The molecule has 3 nitrogen and oxygen atoms in total. The van der Waals surface area contributed by atoms with E-state index in [-0.39, 0.29) is 0 Å². The zero-order chi connectivity index (χ0) is 17.6. The lowest BCUT2D eigenvalue weighted by molar-refractivity contribution is 0.524. The van der Waals surface area contributed by atoms with Gasteiger partial charge in [0.25, 0.3) is 0 Å². The van der Waals surface area contributed by atoms with Crippen LogP contribution >= 0.6 is 0 Å². The Hall–Kier alpha value is -0.440. The fourth-order valence-electron chi connectivity index (χ4n) is 3.19. The maximum atomic E-state index is 9.92. The first-order valence-corrected chi connectivity index (χ1v) is 10.9. The van der Waals surface area contributed by atoms with Crippen molar-refractivity contribution >= 4 is 0 Å². The first kappa shape index (κ1) is 23.6. The van der Waals surface area contributed by atoms with Crippen molar-refractivity contribution in [3.8, 4) is 0 Å². The summed E-state index contributed by atoms with van der Waals surface area (Å²) in [5, 5.41) is 6.23. The van der Waals surface area contributed by atoms with E-state index in [0.29, 0.717) is 6.54 Å². The summed E-state index contributed by atoms with van der Waals surface area (Å²) in [6, 6.07) is 0. The first-order chi connectivity index (χ1) is 11.9. The minimum absolute atomic E-state index is 0.450. The van der Waals surface area contributed by atoms with E-state index in [1.807, 2.05) is 0 Å². The molecule has 0 atom stereocenters. The summed E-state index contributed by atoms with van der Waals surface area (Å²) in [6.45, 7) is 4.77. The average molecular weight is 341 g/mol. The van der Waals surface area contributed by atoms with Crippen molar-refractivity contribution in [3.63, 3.8) is 0 Å². The summed E-state index contributed by atoms with van der Waals surface area (Å²) < 4.78 is 0. The number of hydrogen-bond donors (Lipinski definition) is 1. The van der Waals surface area contributed by atoms with Crippen LogP contribution in [0.5, 0.6) is 0 Å². The maximum absolute atomic E-state index is 9.92. The largest absolute Gasteiger partial charge is 0.317 e. The summed E-state index contributed by atoms with van der Waals surface area (Å²) in [4.78, 5) is 9.92. The van der Waals surface area contributed by atoms with Gasteiger partial charge in [-0.3, -0.25) is 0 Å². The van der Waals surface area contributed by atoms with Gasteiger partial charge in [0, 0.05) is 0 Å². The second-order valence-electron chi connectivity index (χ2n) is 7.26. The summed E-state index contributed by atoms with van der Waals surface area (Å²) in [5.74, 6) is 0. The molecule has 0 aliphatic carbocycles. The molecule has 0 bridgehead atoms. The minimum Gasteiger partial charge on any atom is -0.317 e. The third-order valence-corrected chi connectivity index (χ3v) is 4.81. The lowest BCUT2D eigenvalue weighted by Crippen LogP contribution is -2.17. The molecule has 0 aromatic rings. The van der Waals surface area contributed by atoms with Crippen molar-refractivity contribution < 1.29 is 0 Å². The molecule has 0 amide bonds. The van der Waals surface area contributed by atoms with E-state index < -0.39 is 0 Å². The molecule has 144 valence electrons. The fraction of sp³-hybridized carbons (Fsp3) is 1.00. The van der Waals surface area contributed by atoms with Gasteiger partial charge in [-0.05, 0) is 25.9 Å². The van der Waals surface area contributed by atoms with Crippen molar-refractivity contribution in [3.05, 3.63) is 4.91 Å². The van der Waals surface area contributed by atoms with Gasteiger partial charge in [0.2, 0.25) is 0 Å². The van der Waals surface area contributed by atoms with E-state index >= 15 is 0 Å². The second kappa shape index (κ2) is 22.6. The molecule has 24 heavy (non-hydrogen) atoms. The fourth-order valence-corrected chi connectivity index (χ4v) is 3.19. The molecular formula is C21H44N2O. The quantitative estimate of drug-likeness (QED) is 0.181. The standard InChI is InChI=1S/C21H44N2O/c1-2-3-4-5-6-7-8-9-10-11-12-13-14-15-16-17-19-22-20-18-21-23-24/h22H,2-21H2,1H3. The van der Waals surface area contributed by atoms with Crippen LogP contribution in [0.3, 0.4) is 0 Å². The van der Waals surface area contributed by atoms with Crippen molar-refractivity contribution in [1.29, 1.82) is 0 Å². The monoisotopic (exact) mass is 340 g/mol. The zero-order valence-corrected chi connectivity index (χ0v) is 16.5. The van der Waals surface area contributed by atoms with Gasteiger partial charge in [0.15, 0.2) is 0 Å². The molecule has 0 aliphatic heterocycles. The van der Waals surface area contributed by atoms with Crippen LogP contribution in [-0.2, 0) is 0 Å². The highest BCUT2D eigenvalue weighted by Gasteiger charge is 1.95. The molecular weight excluding hydrogens is 296 g/mol. The third kappa shape index (κ3) is 21.6. The van der Waals surface area contributed by atoms with Crippen molar-refractivity contribution in [1.82, 2.24) is 5.32 Å². The Labute approximate surface area is 151 Å². The Bertz CT molecular complexity index is 234. The van der Waals surface area contributed by atoms with Gasteiger partial charge in [-0.1, -0.05) is 108 Å². The molecule has 0 saturated carbocycles. The lowest BCUT2D eigenvalue weighted by Gasteiger charge is -2.04. The van der Waals surface area contributed by atoms with Gasteiger partial charge < -0.3 is 5.32 Å². The normalized spacial score (nSPS) is 11.0. The summed E-state index contributed by atoms with van der Waals surface area (Å²) in [5.41, 5.74) is 0. The van der Waals surface area contributed by atoms with E-state index in [0.717, 1.165) is 19.5 Å². The van der Waals surface area contributed by atoms with Crippen LogP contribution in [-0.4, -0.2) is 19.6 Å². The smallest absolute Gasteiger partial charge is 0.0823 e. The van der Waals surface area contributed by atoms with E-state index in [1.54, 1.807) is 0 Å². The Balaban J connectivity index is 2.94. The number of nitroso groups, excluding NO2 is 1. The number of nitrogens with one attached hydrogen (secondary N) is 1. The molecule has 0 fully saturated rings. The molecule has 0 unspecified atom stereocenters. The SMILES string of the molecule is CCCCCCCCCCCCCCCCCCNCCCN=O. The third-order valence-electron chi connectivity index (χ3n) is 4.81. The van der Waals surface area contributed by atoms with Gasteiger partial charge in [-0.15, -0.1) is 0 Å². The van der Waals surface area contributed by atoms with Crippen LogP contribution in [0.4, 0.5) is 0 Å². The average Bonchev–Trinajstić information content (AvgIpc) is 2.60. The molecule has 0 heterocycles. The summed E-state index contributed by atoms with van der Waals surface area (Å²) in [6.07, 6.45) is 23.6. The van der Waals surface area contributed by atoms with Crippen LogP contribution < -0.4 is 5.32 Å². The Morgan fingerprint density at radius 1 is 0.542 bits per heavy atom. The lowest BCUT2D eigenvalue weighted by atomic mass is 10.0. The van der Waals surface area contributed by atoms with Crippen molar-refractivity contribution in [2.45, 2.75) is 116 Å². The van der Waals surface area contributed by atoms with Crippen LogP contribution in [0.15, 0.2) is 5.18 Å². The number of unbranched alkanes of at least 4 members (excludes halogenated alkanes) is 15. The molecule has 0 aliphatic rings. The highest BCUT2D eigenvalue weighted by atomic mass is 16.3. The van der Waals surface area contributed by atoms with Crippen molar-refractivity contribution in [2.24, 2.45) is 5.18 Å². The Kier molecular flexibility index (Phi) is 22.1. The van der Waals surface area contributed by atoms with Gasteiger partial charge in [-0.25, -0.2) is 0 Å². The maximum Gasteiger partial charge on any atom is 0.0823 e. The predicted octanol–water partition coefficient (Wildman–Crippen LogP) is 6.99. The molecule has 0 aromatic heterocycles. The van der Waals surface area contributed by atoms with Crippen LogP contribution in [0.25, 0.3) is 0 Å². The number of rotatable bonds is 21. The van der Waals surface area contributed by atoms with Crippen LogP contribution in [0, 0.1) is 4.91 Å². The number of hydrogen-bond acceptors (Lipinski definition) is 3. The molecule has 0 radical (unpaired) electrons. The molecule has 0 spiro atoms. The van der Waals surface area contributed by atoms with Crippen LogP contribution in [0.2, 0.25) is 0 Å². The van der Waals surface area contributed by atoms with E-state index in [9.17, 15) is 4.91 Å².